The first-order valence-electron chi connectivity index (χ1n) is 11.0. The van der Waals surface area contributed by atoms with E-state index in [-0.39, 0.29) is 35.5 Å². The predicted molar refractivity (Wildman–Crippen MR) is 120 cm³/mol. The zero-order valence-electron chi connectivity index (χ0n) is 17.7. The number of imide groups is 1. The van der Waals surface area contributed by atoms with Gasteiger partial charge >= 0.3 is 0 Å². The third kappa shape index (κ3) is 4.77. The lowest BCUT2D eigenvalue weighted by Gasteiger charge is -2.18. The van der Waals surface area contributed by atoms with Gasteiger partial charge in [0, 0.05) is 24.7 Å². The summed E-state index contributed by atoms with van der Waals surface area (Å²) in [5.74, 6) is 0.845. The van der Waals surface area contributed by atoms with Crippen LogP contribution < -0.4 is 10.6 Å². The van der Waals surface area contributed by atoms with E-state index in [0.717, 1.165) is 18.5 Å². The molecule has 1 saturated heterocycles. The van der Waals surface area contributed by atoms with Gasteiger partial charge in [0.1, 0.15) is 0 Å². The van der Waals surface area contributed by atoms with E-state index in [2.05, 4.69) is 27.8 Å². The number of amides is 2. The number of fused-ring (bicyclic) bond motifs is 5. The van der Waals surface area contributed by atoms with E-state index in [1.165, 1.54) is 4.90 Å². The largest absolute Gasteiger partial charge is 0.375 e. The molecule has 4 rings (SSSR count). The molecule has 1 aliphatic heterocycles. The average Bonchev–Trinajstić information content (AvgIpc) is 3.43. The van der Waals surface area contributed by atoms with Gasteiger partial charge in [0.05, 0.1) is 31.6 Å². The van der Waals surface area contributed by atoms with Crippen LogP contribution in [0.3, 0.4) is 0 Å². The number of halogens is 1. The molecule has 1 aromatic carbocycles. The molecule has 4 unspecified atom stereocenters. The van der Waals surface area contributed by atoms with Gasteiger partial charge in [-0.25, -0.2) is 0 Å². The molecule has 7 nitrogen and oxygen atoms in total. The third-order valence-corrected chi connectivity index (χ3v) is 6.43. The highest BCUT2D eigenvalue weighted by molar-refractivity contribution is 6.30. The summed E-state index contributed by atoms with van der Waals surface area (Å²) >= 11 is 5.98. The first-order valence-corrected chi connectivity index (χ1v) is 11.3. The van der Waals surface area contributed by atoms with Crippen LogP contribution in [0.1, 0.15) is 18.9 Å². The Hall–Kier alpha value is -2.38. The summed E-state index contributed by atoms with van der Waals surface area (Å²) in [7, 11) is 0. The zero-order chi connectivity index (χ0) is 21.8. The molecule has 1 heterocycles. The predicted octanol–water partition coefficient (Wildman–Crippen LogP) is 2.22. The Balaban J connectivity index is 1.21. The molecule has 4 atom stereocenters. The zero-order valence-corrected chi connectivity index (χ0v) is 18.5. The highest BCUT2D eigenvalue weighted by atomic mass is 35.5. The van der Waals surface area contributed by atoms with Crippen molar-refractivity contribution >= 4 is 29.4 Å². The number of allylic oxidation sites excluding steroid dienone is 2. The molecule has 2 fully saturated rings. The van der Waals surface area contributed by atoms with Crippen molar-refractivity contribution in [3.63, 3.8) is 0 Å². The van der Waals surface area contributed by atoms with E-state index in [1.807, 2.05) is 31.2 Å². The molecule has 0 radical (unpaired) electrons. The molecule has 1 saturated carbocycles. The fourth-order valence-electron chi connectivity index (χ4n) is 4.85. The van der Waals surface area contributed by atoms with Gasteiger partial charge in [0.25, 0.3) is 0 Å². The van der Waals surface area contributed by atoms with Crippen LogP contribution in [-0.4, -0.2) is 55.5 Å². The topological polar surface area (TPSA) is 83.0 Å². The number of guanidine groups is 1. The van der Waals surface area contributed by atoms with Gasteiger partial charge in [-0.1, -0.05) is 35.9 Å². The molecule has 8 heteroatoms. The monoisotopic (exact) mass is 444 g/mol. The van der Waals surface area contributed by atoms with Crippen LogP contribution >= 0.6 is 11.6 Å². The summed E-state index contributed by atoms with van der Waals surface area (Å²) < 4.78 is 5.66. The van der Waals surface area contributed by atoms with Gasteiger partial charge in [-0.15, -0.1) is 0 Å². The molecule has 2 aliphatic carbocycles. The van der Waals surface area contributed by atoms with Gasteiger partial charge in [-0.2, -0.15) is 0 Å². The summed E-state index contributed by atoms with van der Waals surface area (Å²) in [6.07, 6.45) is 5.18. The number of hydrogen-bond acceptors (Lipinski definition) is 4. The van der Waals surface area contributed by atoms with Crippen molar-refractivity contribution in [3.05, 3.63) is 47.0 Å². The Kier molecular flexibility index (Phi) is 6.92. The van der Waals surface area contributed by atoms with Crippen LogP contribution in [0.25, 0.3) is 0 Å². The molecular formula is C23H29ClN4O3. The van der Waals surface area contributed by atoms with Gasteiger partial charge in [-0.3, -0.25) is 19.5 Å². The third-order valence-electron chi connectivity index (χ3n) is 6.20. The normalized spacial score (nSPS) is 26.6. The van der Waals surface area contributed by atoms with Crippen LogP contribution in [0.5, 0.6) is 0 Å². The van der Waals surface area contributed by atoms with E-state index in [4.69, 9.17) is 16.3 Å². The van der Waals surface area contributed by atoms with E-state index in [9.17, 15) is 9.59 Å². The standard InChI is InChI=1S/C23H29ClN4O3/c1-2-25-23(27-9-11-31-14-15-4-3-5-18(24)12-15)26-8-10-28-21(29)19-16-6-7-17(13-16)20(19)22(28)30/h3-7,12,16-17,19-20H,2,8-11,13-14H2,1H3,(H2,25,26,27). The van der Waals surface area contributed by atoms with Gasteiger partial charge in [0.2, 0.25) is 11.8 Å². The molecular weight excluding hydrogens is 416 g/mol. The molecule has 166 valence electrons. The summed E-state index contributed by atoms with van der Waals surface area (Å²) in [6.45, 7) is 5.00. The first-order chi connectivity index (χ1) is 15.1. The van der Waals surface area contributed by atoms with Crippen molar-refractivity contribution in [2.24, 2.45) is 28.7 Å². The van der Waals surface area contributed by atoms with E-state index in [0.29, 0.717) is 43.8 Å². The SMILES string of the molecule is CCNC(=NCCOCc1cccc(Cl)c1)NCCN1C(=O)C2C3C=CC(C3)C2C1=O. The second-order valence-electron chi connectivity index (χ2n) is 8.20. The van der Waals surface area contributed by atoms with Crippen LogP contribution in [0.4, 0.5) is 0 Å². The Labute approximate surface area is 187 Å². The molecule has 1 aromatic rings. The molecule has 2 bridgehead atoms. The Bertz CT molecular complexity index is 857. The van der Waals surface area contributed by atoms with Crippen molar-refractivity contribution in [3.8, 4) is 0 Å². The van der Waals surface area contributed by atoms with Gasteiger partial charge in [-0.05, 0) is 42.9 Å². The minimum Gasteiger partial charge on any atom is -0.375 e. The number of aliphatic imine (C=N–C) groups is 1. The van der Waals surface area contributed by atoms with Crippen molar-refractivity contribution in [2.75, 3.05) is 32.8 Å². The summed E-state index contributed by atoms with van der Waals surface area (Å²) in [4.78, 5) is 31.4. The maximum Gasteiger partial charge on any atom is 0.233 e. The molecule has 2 N–H and O–H groups in total. The first kappa shape index (κ1) is 21.8. The molecule has 2 amide bonds. The van der Waals surface area contributed by atoms with E-state index >= 15 is 0 Å². The molecule has 31 heavy (non-hydrogen) atoms. The Morgan fingerprint density at radius 3 is 2.61 bits per heavy atom. The van der Waals surface area contributed by atoms with Gasteiger partial charge in [0.15, 0.2) is 5.96 Å². The molecule has 0 aromatic heterocycles. The number of hydrogen-bond donors (Lipinski definition) is 2. The maximum atomic E-state index is 12.7. The Morgan fingerprint density at radius 2 is 1.94 bits per heavy atom. The quantitative estimate of drug-likeness (QED) is 0.201. The number of ether oxygens (including phenoxy) is 1. The van der Waals surface area contributed by atoms with Crippen molar-refractivity contribution in [2.45, 2.75) is 20.0 Å². The fourth-order valence-corrected chi connectivity index (χ4v) is 5.06. The lowest BCUT2D eigenvalue weighted by atomic mass is 9.85. The number of carbonyl (C=O) groups is 2. The lowest BCUT2D eigenvalue weighted by Crippen LogP contribution is -2.43. The highest BCUT2D eigenvalue weighted by Crippen LogP contribution is 2.52. The summed E-state index contributed by atoms with van der Waals surface area (Å²) in [5, 5.41) is 7.09. The van der Waals surface area contributed by atoms with Crippen LogP contribution in [0.2, 0.25) is 5.02 Å². The lowest BCUT2D eigenvalue weighted by molar-refractivity contribution is -0.140. The second-order valence-corrected chi connectivity index (χ2v) is 8.63. The smallest absolute Gasteiger partial charge is 0.233 e. The molecule has 0 spiro atoms. The number of benzene rings is 1. The number of likely N-dealkylation sites (tertiary alicyclic amines) is 1. The maximum absolute atomic E-state index is 12.7. The fraction of sp³-hybridized carbons (Fsp3) is 0.522. The Morgan fingerprint density at radius 1 is 1.19 bits per heavy atom. The average molecular weight is 445 g/mol. The van der Waals surface area contributed by atoms with Crippen molar-refractivity contribution in [1.82, 2.24) is 15.5 Å². The second kappa shape index (κ2) is 9.83. The van der Waals surface area contributed by atoms with Crippen LogP contribution in [0, 0.1) is 23.7 Å². The molecule has 3 aliphatic rings. The van der Waals surface area contributed by atoms with E-state index < -0.39 is 0 Å². The van der Waals surface area contributed by atoms with Crippen LogP contribution in [-0.2, 0) is 20.9 Å². The number of nitrogens with one attached hydrogen (secondary N) is 2. The minimum absolute atomic E-state index is 0.00925. The number of rotatable bonds is 9. The van der Waals surface area contributed by atoms with E-state index in [1.54, 1.807) is 0 Å². The van der Waals surface area contributed by atoms with Crippen molar-refractivity contribution in [1.29, 1.82) is 0 Å². The number of carbonyl (C=O) groups excluding carboxylic acids is 2. The van der Waals surface area contributed by atoms with Crippen molar-refractivity contribution < 1.29 is 14.3 Å². The minimum atomic E-state index is -0.138. The summed E-state index contributed by atoms with van der Waals surface area (Å²) in [6, 6.07) is 7.58. The van der Waals surface area contributed by atoms with Gasteiger partial charge < -0.3 is 15.4 Å². The highest BCUT2D eigenvalue weighted by Gasteiger charge is 2.58. The van der Waals surface area contributed by atoms with Crippen LogP contribution in [0.15, 0.2) is 41.4 Å². The summed E-state index contributed by atoms with van der Waals surface area (Å²) in [5.41, 5.74) is 1.02. The number of nitrogens with zero attached hydrogens (tertiary/aromatic N) is 2.